The fourth-order valence-electron chi connectivity index (χ4n) is 7.02. The van der Waals surface area contributed by atoms with Crippen molar-refractivity contribution >= 4 is 16.9 Å². The van der Waals surface area contributed by atoms with Crippen LogP contribution in [0.25, 0.3) is 22.3 Å². The molecule has 2 aromatic heterocycles. The zero-order valence-corrected chi connectivity index (χ0v) is 21.6. The van der Waals surface area contributed by atoms with Crippen LogP contribution in [-0.2, 0) is 29.1 Å². The summed E-state index contributed by atoms with van der Waals surface area (Å²) in [5.74, 6) is -1.04. The van der Waals surface area contributed by atoms with Crippen LogP contribution in [0.5, 0.6) is 0 Å². The predicted octanol–water partition coefficient (Wildman–Crippen LogP) is 3.66. The maximum absolute atomic E-state index is 15.1. The van der Waals surface area contributed by atoms with E-state index in [-0.39, 0.29) is 30.0 Å². The van der Waals surface area contributed by atoms with E-state index in [2.05, 4.69) is 16.7 Å². The van der Waals surface area contributed by atoms with Crippen molar-refractivity contribution in [3.63, 3.8) is 0 Å². The van der Waals surface area contributed by atoms with Crippen LogP contribution in [0, 0.1) is 12.7 Å². The average Bonchev–Trinajstić information content (AvgIpc) is 3.28. The van der Waals surface area contributed by atoms with Gasteiger partial charge in [0.05, 0.1) is 34.9 Å². The quantitative estimate of drug-likeness (QED) is 0.390. The molecule has 1 fully saturated rings. The molecule has 0 spiro atoms. The third kappa shape index (κ3) is 3.21. The first-order chi connectivity index (χ1) is 17.9. The first-order valence-electron chi connectivity index (χ1n) is 13.4. The van der Waals surface area contributed by atoms with E-state index < -0.39 is 5.92 Å². The maximum Gasteiger partial charge on any atom is 0.313 e. The largest absolute Gasteiger partial charge is 0.460 e. The van der Waals surface area contributed by atoms with Gasteiger partial charge in [0.15, 0.2) is 0 Å². The molecule has 3 aromatic rings. The Labute approximate surface area is 214 Å². The highest BCUT2D eigenvalue weighted by Crippen LogP contribution is 2.47. The van der Waals surface area contributed by atoms with Gasteiger partial charge in [-0.3, -0.25) is 14.5 Å². The maximum atomic E-state index is 15.1. The van der Waals surface area contributed by atoms with Crippen LogP contribution in [0.1, 0.15) is 65.6 Å². The zero-order chi connectivity index (χ0) is 25.6. The second-order valence-electron chi connectivity index (χ2n) is 10.9. The smallest absolute Gasteiger partial charge is 0.313 e. The van der Waals surface area contributed by atoms with Crippen LogP contribution in [0.4, 0.5) is 4.39 Å². The number of aromatic nitrogens is 2. The van der Waals surface area contributed by atoms with E-state index in [1.54, 1.807) is 17.6 Å². The van der Waals surface area contributed by atoms with Gasteiger partial charge in [0.1, 0.15) is 12.4 Å². The minimum absolute atomic E-state index is 0.00904. The zero-order valence-electron chi connectivity index (χ0n) is 21.6. The third-order valence-electron chi connectivity index (χ3n) is 9.21. The van der Waals surface area contributed by atoms with E-state index in [0.29, 0.717) is 23.2 Å². The van der Waals surface area contributed by atoms with Crippen molar-refractivity contribution in [1.29, 1.82) is 0 Å². The summed E-state index contributed by atoms with van der Waals surface area (Å²) in [6, 6.07) is 3.72. The lowest BCUT2D eigenvalue weighted by Gasteiger charge is -2.42. The van der Waals surface area contributed by atoms with Gasteiger partial charge in [-0.15, -0.1) is 0 Å². The molecule has 7 rings (SSSR count). The first-order valence-corrected chi connectivity index (χ1v) is 13.4. The molecule has 0 saturated carbocycles. The van der Waals surface area contributed by atoms with Crippen LogP contribution in [0.2, 0.25) is 0 Å². The lowest BCUT2D eigenvalue weighted by Crippen LogP contribution is -2.48. The highest BCUT2D eigenvalue weighted by atomic mass is 19.1. The Bertz CT molecular complexity index is 1550. The number of nitrogens with zero attached hydrogens (tertiary/aromatic N) is 4. The number of ether oxygens (including phenoxy) is 1. The highest BCUT2D eigenvalue weighted by Gasteiger charge is 2.38. The number of hydrogen-bond donors (Lipinski definition) is 0. The molecule has 0 bridgehead atoms. The van der Waals surface area contributed by atoms with Crippen molar-refractivity contribution in [2.75, 3.05) is 32.7 Å². The molecule has 5 heterocycles. The predicted molar refractivity (Wildman–Crippen MR) is 138 cm³/mol. The van der Waals surface area contributed by atoms with E-state index >= 15 is 4.39 Å². The number of benzene rings is 1. The van der Waals surface area contributed by atoms with E-state index in [9.17, 15) is 9.59 Å². The van der Waals surface area contributed by atoms with Gasteiger partial charge >= 0.3 is 5.97 Å². The molecule has 4 aliphatic rings. The summed E-state index contributed by atoms with van der Waals surface area (Å²) in [7, 11) is 0. The molecule has 0 amide bonds. The average molecular weight is 503 g/mol. The Hall–Kier alpha value is -3.10. The van der Waals surface area contributed by atoms with Crippen molar-refractivity contribution < 1.29 is 13.9 Å². The Morgan fingerprint density at radius 1 is 1.11 bits per heavy atom. The minimum Gasteiger partial charge on any atom is -0.460 e. The monoisotopic (exact) mass is 502 g/mol. The van der Waals surface area contributed by atoms with Crippen LogP contribution >= 0.6 is 0 Å². The summed E-state index contributed by atoms with van der Waals surface area (Å²) >= 11 is 0. The SMILES string of the molecule is CCN1CCN(C2CCc3c(C)c(F)cc4nc5c(c2c34)Cn2c-5cc3c(c2=O)COC(=O)C3C)CC1. The van der Waals surface area contributed by atoms with Crippen LogP contribution < -0.4 is 5.56 Å². The van der Waals surface area contributed by atoms with E-state index in [4.69, 9.17) is 9.72 Å². The lowest BCUT2D eigenvalue weighted by molar-refractivity contribution is -0.147. The number of carbonyl (C=O) groups excluding carboxylic acids is 1. The summed E-state index contributed by atoms with van der Waals surface area (Å²) in [6.45, 7) is 11.4. The first kappa shape index (κ1) is 23.0. The van der Waals surface area contributed by atoms with Gasteiger partial charge in [0.2, 0.25) is 0 Å². The van der Waals surface area contributed by atoms with Gasteiger partial charge in [-0.25, -0.2) is 9.37 Å². The number of esters is 1. The van der Waals surface area contributed by atoms with Crippen LogP contribution in [-0.4, -0.2) is 58.0 Å². The molecule has 8 heteroatoms. The van der Waals surface area contributed by atoms with Gasteiger partial charge in [-0.05, 0) is 61.6 Å². The molecule has 1 saturated heterocycles. The molecule has 2 atom stereocenters. The molecule has 2 unspecified atom stereocenters. The topological polar surface area (TPSA) is 67.7 Å². The van der Waals surface area contributed by atoms with Crippen LogP contribution in [0.3, 0.4) is 0 Å². The Morgan fingerprint density at radius 2 is 1.89 bits per heavy atom. The molecule has 3 aliphatic heterocycles. The van der Waals surface area contributed by atoms with Crippen molar-refractivity contribution in [1.82, 2.24) is 19.4 Å². The number of fused-ring (bicyclic) bond motifs is 5. The fourth-order valence-corrected chi connectivity index (χ4v) is 7.02. The number of hydrogen-bond acceptors (Lipinski definition) is 6. The molecule has 0 N–H and O–H groups in total. The van der Waals surface area contributed by atoms with Gasteiger partial charge < -0.3 is 14.2 Å². The molecular weight excluding hydrogens is 471 g/mol. The van der Waals surface area contributed by atoms with E-state index in [0.717, 1.165) is 79.0 Å². The number of rotatable bonds is 2. The summed E-state index contributed by atoms with van der Waals surface area (Å²) in [5, 5.41) is 1.07. The highest BCUT2D eigenvalue weighted by molar-refractivity contribution is 5.93. The number of pyridine rings is 2. The van der Waals surface area contributed by atoms with Crippen molar-refractivity contribution in [2.24, 2.45) is 0 Å². The Morgan fingerprint density at radius 3 is 2.65 bits per heavy atom. The van der Waals surface area contributed by atoms with E-state index in [1.165, 1.54) is 5.56 Å². The minimum atomic E-state index is -0.500. The van der Waals surface area contributed by atoms with Gasteiger partial charge in [0.25, 0.3) is 5.56 Å². The van der Waals surface area contributed by atoms with E-state index in [1.807, 2.05) is 13.0 Å². The number of likely N-dealkylation sites (N-methyl/N-ethyl adjacent to an activating group) is 1. The number of cyclic esters (lactones) is 1. The van der Waals surface area contributed by atoms with Crippen molar-refractivity contribution in [3.05, 3.63) is 61.7 Å². The number of halogens is 1. The molecule has 1 aliphatic carbocycles. The Kier molecular flexibility index (Phi) is 5.11. The standard InChI is InChI=1S/C29H31FN4O3/c1-4-32-7-9-33(10-8-32)23-6-5-17-15(2)21(30)12-22-25(17)26(23)19-13-34-24(27(19)31-22)11-18-16(3)29(36)37-14-20(18)28(34)35/h11-12,16,23H,4-10,13-14H2,1-3H3. The summed E-state index contributed by atoms with van der Waals surface area (Å²) in [5.41, 5.74) is 7.34. The normalized spacial score (nSPS) is 23.1. The summed E-state index contributed by atoms with van der Waals surface area (Å²) < 4.78 is 22.1. The van der Waals surface area contributed by atoms with Gasteiger partial charge in [0, 0.05) is 49.2 Å². The fraction of sp³-hybridized carbons (Fsp3) is 0.483. The third-order valence-corrected chi connectivity index (χ3v) is 9.21. The number of carbonyl (C=O) groups is 1. The van der Waals surface area contributed by atoms with Gasteiger partial charge in [-0.2, -0.15) is 0 Å². The van der Waals surface area contributed by atoms with Crippen molar-refractivity contribution in [2.45, 2.75) is 58.7 Å². The number of piperazine rings is 1. The second-order valence-corrected chi connectivity index (χ2v) is 10.9. The van der Waals surface area contributed by atoms with Gasteiger partial charge in [-0.1, -0.05) is 6.92 Å². The molecule has 7 nitrogen and oxygen atoms in total. The number of aryl methyl sites for hydroxylation is 1. The second kappa shape index (κ2) is 8.20. The molecule has 0 radical (unpaired) electrons. The Balaban J connectivity index is 1.46. The molecule has 37 heavy (non-hydrogen) atoms. The molecule has 192 valence electrons. The summed E-state index contributed by atoms with van der Waals surface area (Å²) in [6.07, 6.45) is 1.75. The summed E-state index contributed by atoms with van der Waals surface area (Å²) in [4.78, 5) is 36.0. The van der Waals surface area contributed by atoms with Crippen LogP contribution in [0.15, 0.2) is 16.9 Å². The molecular formula is C29H31FN4O3. The molecule has 1 aromatic carbocycles. The van der Waals surface area contributed by atoms with Crippen molar-refractivity contribution in [3.8, 4) is 11.4 Å². The lowest BCUT2D eigenvalue weighted by atomic mass is 9.81.